The number of rotatable bonds is 6. The number of nitrogens with one attached hydrogen (secondary N) is 2. The van der Waals surface area contributed by atoms with E-state index < -0.39 is 0 Å². The van der Waals surface area contributed by atoms with Crippen LogP contribution in [0.5, 0.6) is 5.75 Å². The molecule has 1 aliphatic heterocycles. The van der Waals surface area contributed by atoms with Crippen molar-refractivity contribution in [3.63, 3.8) is 0 Å². The SMILES string of the molecule is CCCCc1nc(C)c(C(=O)N[C@H](C)c2ccc3c(c2)NC(=O)CO3)s1. The quantitative estimate of drug-likeness (QED) is 0.810. The summed E-state index contributed by atoms with van der Waals surface area (Å²) in [5, 5.41) is 6.82. The molecule has 2 amide bonds. The van der Waals surface area contributed by atoms with Crippen molar-refractivity contribution in [3.8, 4) is 5.75 Å². The van der Waals surface area contributed by atoms with Crippen LogP contribution >= 0.6 is 11.3 Å². The number of benzene rings is 1. The van der Waals surface area contributed by atoms with Crippen LogP contribution in [0, 0.1) is 6.92 Å². The van der Waals surface area contributed by atoms with Crippen molar-refractivity contribution in [2.45, 2.75) is 46.1 Å². The first-order chi connectivity index (χ1) is 12.5. The van der Waals surface area contributed by atoms with Gasteiger partial charge in [0, 0.05) is 0 Å². The number of amides is 2. The number of aryl methyl sites for hydroxylation is 2. The smallest absolute Gasteiger partial charge is 0.263 e. The van der Waals surface area contributed by atoms with Crippen molar-refractivity contribution in [3.05, 3.63) is 39.3 Å². The molecule has 1 atom stereocenters. The second-order valence-electron chi connectivity index (χ2n) is 6.41. The van der Waals surface area contributed by atoms with Gasteiger partial charge in [-0.1, -0.05) is 19.4 Å². The van der Waals surface area contributed by atoms with Crippen LogP contribution in [-0.4, -0.2) is 23.4 Å². The minimum absolute atomic E-state index is 0.0314. The Hall–Kier alpha value is -2.41. The van der Waals surface area contributed by atoms with Gasteiger partial charge in [-0.05, 0) is 44.4 Å². The van der Waals surface area contributed by atoms with Gasteiger partial charge in [-0.3, -0.25) is 9.59 Å². The van der Waals surface area contributed by atoms with E-state index in [1.807, 2.05) is 32.0 Å². The summed E-state index contributed by atoms with van der Waals surface area (Å²) >= 11 is 1.47. The summed E-state index contributed by atoms with van der Waals surface area (Å²) in [6.07, 6.45) is 3.10. The molecule has 0 radical (unpaired) electrons. The summed E-state index contributed by atoms with van der Waals surface area (Å²) in [6, 6.07) is 5.34. The fraction of sp³-hybridized carbons (Fsp3) is 0.421. The predicted molar refractivity (Wildman–Crippen MR) is 102 cm³/mol. The molecule has 2 aromatic rings. The Labute approximate surface area is 157 Å². The molecule has 26 heavy (non-hydrogen) atoms. The number of unbranched alkanes of at least 4 members (excludes halogenated alkanes) is 1. The van der Waals surface area contributed by atoms with Crippen LogP contribution in [-0.2, 0) is 11.2 Å². The topological polar surface area (TPSA) is 80.3 Å². The second kappa shape index (κ2) is 7.86. The number of anilines is 1. The van der Waals surface area contributed by atoms with Crippen LogP contribution in [0.1, 0.15) is 58.7 Å². The lowest BCUT2D eigenvalue weighted by molar-refractivity contribution is -0.118. The van der Waals surface area contributed by atoms with E-state index in [9.17, 15) is 9.59 Å². The van der Waals surface area contributed by atoms with E-state index in [0.717, 1.165) is 35.5 Å². The van der Waals surface area contributed by atoms with Crippen LogP contribution in [0.15, 0.2) is 18.2 Å². The van der Waals surface area contributed by atoms with Crippen molar-refractivity contribution < 1.29 is 14.3 Å². The fourth-order valence-electron chi connectivity index (χ4n) is 2.81. The minimum atomic E-state index is -0.202. The number of carbonyl (C=O) groups excluding carboxylic acids is 2. The summed E-state index contributed by atoms with van der Waals surface area (Å²) in [6.45, 7) is 5.96. The number of aromatic nitrogens is 1. The number of fused-ring (bicyclic) bond motifs is 1. The normalized spacial score (nSPS) is 14.2. The van der Waals surface area contributed by atoms with Gasteiger partial charge in [0.25, 0.3) is 11.8 Å². The van der Waals surface area contributed by atoms with Gasteiger partial charge in [0.05, 0.1) is 22.4 Å². The van der Waals surface area contributed by atoms with Crippen LogP contribution in [0.25, 0.3) is 0 Å². The third kappa shape index (κ3) is 4.04. The molecule has 3 rings (SSSR count). The average Bonchev–Trinajstić information content (AvgIpc) is 3.00. The van der Waals surface area contributed by atoms with E-state index in [-0.39, 0.29) is 24.5 Å². The lowest BCUT2D eigenvalue weighted by Gasteiger charge is -2.20. The second-order valence-corrected chi connectivity index (χ2v) is 7.50. The number of hydrogen-bond donors (Lipinski definition) is 2. The molecule has 6 nitrogen and oxygen atoms in total. The Morgan fingerprint density at radius 2 is 2.27 bits per heavy atom. The molecule has 0 spiro atoms. The van der Waals surface area contributed by atoms with Gasteiger partial charge in [-0.25, -0.2) is 4.98 Å². The minimum Gasteiger partial charge on any atom is -0.482 e. The number of carbonyl (C=O) groups is 2. The van der Waals surface area contributed by atoms with E-state index in [2.05, 4.69) is 22.5 Å². The highest BCUT2D eigenvalue weighted by atomic mass is 32.1. The zero-order chi connectivity index (χ0) is 18.7. The molecule has 0 bridgehead atoms. The molecule has 0 saturated carbocycles. The Bertz CT molecular complexity index is 831. The maximum absolute atomic E-state index is 12.6. The maximum Gasteiger partial charge on any atom is 0.263 e. The standard InChI is InChI=1S/C19H23N3O3S/c1-4-5-6-17-20-12(3)18(26-17)19(24)21-11(2)13-7-8-15-14(9-13)22-16(23)10-25-15/h7-9,11H,4-6,10H2,1-3H3,(H,21,24)(H,22,23)/t11-/m1/s1. The summed E-state index contributed by atoms with van der Waals surface area (Å²) in [4.78, 5) is 29.3. The van der Waals surface area contributed by atoms with Gasteiger partial charge in [0.2, 0.25) is 0 Å². The lowest BCUT2D eigenvalue weighted by Crippen LogP contribution is -2.28. The highest BCUT2D eigenvalue weighted by Gasteiger charge is 2.20. The number of thiazole rings is 1. The van der Waals surface area contributed by atoms with Crippen molar-refractivity contribution >= 4 is 28.8 Å². The first-order valence-electron chi connectivity index (χ1n) is 8.81. The molecule has 1 aromatic carbocycles. The molecule has 0 aliphatic carbocycles. The highest BCUT2D eigenvalue weighted by molar-refractivity contribution is 7.13. The molecular weight excluding hydrogens is 350 g/mol. The monoisotopic (exact) mass is 373 g/mol. The lowest BCUT2D eigenvalue weighted by atomic mass is 10.1. The predicted octanol–water partition coefficient (Wildman–Crippen LogP) is 3.62. The molecule has 138 valence electrons. The first-order valence-corrected chi connectivity index (χ1v) is 9.63. The van der Waals surface area contributed by atoms with Crippen LogP contribution in [0.2, 0.25) is 0 Å². The van der Waals surface area contributed by atoms with E-state index in [4.69, 9.17) is 4.74 Å². The largest absolute Gasteiger partial charge is 0.482 e. The van der Waals surface area contributed by atoms with Crippen molar-refractivity contribution in [2.75, 3.05) is 11.9 Å². The summed E-state index contributed by atoms with van der Waals surface area (Å²) in [7, 11) is 0. The molecule has 2 heterocycles. The maximum atomic E-state index is 12.6. The number of ether oxygens (including phenoxy) is 1. The Kier molecular flexibility index (Phi) is 5.56. The van der Waals surface area contributed by atoms with Crippen molar-refractivity contribution in [1.29, 1.82) is 0 Å². The highest BCUT2D eigenvalue weighted by Crippen LogP contribution is 2.30. The van der Waals surface area contributed by atoms with Crippen LogP contribution in [0.3, 0.4) is 0 Å². The van der Waals surface area contributed by atoms with E-state index in [1.165, 1.54) is 11.3 Å². The first kappa shape index (κ1) is 18.4. The van der Waals surface area contributed by atoms with E-state index >= 15 is 0 Å². The molecule has 0 unspecified atom stereocenters. The third-order valence-corrected chi connectivity index (χ3v) is 5.49. The van der Waals surface area contributed by atoms with Crippen LogP contribution < -0.4 is 15.4 Å². The van der Waals surface area contributed by atoms with Gasteiger partial charge in [-0.2, -0.15) is 0 Å². The fourth-order valence-corrected chi connectivity index (χ4v) is 3.82. The van der Waals surface area contributed by atoms with Gasteiger partial charge in [0.15, 0.2) is 6.61 Å². The van der Waals surface area contributed by atoms with Gasteiger partial charge in [0.1, 0.15) is 10.6 Å². The zero-order valence-corrected chi connectivity index (χ0v) is 16.0. The summed E-state index contributed by atoms with van der Waals surface area (Å²) < 4.78 is 5.37. The average molecular weight is 373 g/mol. The molecule has 2 N–H and O–H groups in total. The Balaban J connectivity index is 1.70. The van der Waals surface area contributed by atoms with Crippen molar-refractivity contribution in [2.24, 2.45) is 0 Å². The van der Waals surface area contributed by atoms with Crippen molar-refractivity contribution in [1.82, 2.24) is 10.3 Å². The van der Waals surface area contributed by atoms with Crippen LogP contribution in [0.4, 0.5) is 5.69 Å². The molecule has 7 heteroatoms. The third-order valence-electron chi connectivity index (χ3n) is 4.28. The Morgan fingerprint density at radius 3 is 3.04 bits per heavy atom. The van der Waals surface area contributed by atoms with Gasteiger partial charge >= 0.3 is 0 Å². The molecule has 1 aromatic heterocycles. The van der Waals surface area contributed by atoms with Gasteiger partial charge in [-0.15, -0.1) is 11.3 Å². The number of nitrogens with zero attached hydrogens (tertiary/aromatic N) is 1. The van der Waals surface area contributed by atoms with E-state index in [1.54, 1.807) is 0 Å². The van der Waals surface area contributed by atoms with E-state index in [0.29, 0.717) is 16.3 Å². The molecule has 0 fully saturated rings. The summed E-state index contributed by atoms with van der Waals surface area (Å²) in [5.74, 6) is 0.352. The number of hydrogen-bond acceptors (Lipinski definition) is 5. The molecule has 0 saturated heterocycles. The zero-order valence-electron chi connectivity index (χ0n) is 15.2. The van der Waals surface area contributed by atoms with Gasteiger partial charge < -0.3 is 15.4 Å². The summed E-state index contributed by atoms with van der Waals surface area (Å²) in [5.41, 5.74) is 2.31. The molecule has 1 aliphatic rings. The Morgan fingerprint density at radius 1 is 1.46 bits per heavy atom. The molecular formula is C19H23N3O3S.